The number of carbonyl (C=O) groups excluding carboxylic acids is 4. The van der Waals surface area contributed by atoms with Gasteiger partial charge in [0.2, 0.25) is 5.91 Å². The van der Waals surface area contributed by atoms with Crippen molar-refractivity contribution in [3.8, 4) is 0 Å². The number of benzene rings is 1. The van der Waals surface area contributed by atoms with E-state index in [2.05, 4.69) is 4.98 Å². The van der Waals surface area contributed by atoms with Crippen LogP contribution in [-0.2, 0) is 14.3 Å². The minimum Gasteiger partial charge on any atom is -0.461 e. The first-order chi connectivity index (χ1) is 14.3. The van der Waals surface area contributed by atoms with Crippen molar-refractivity contribution in [1.29, 1.82) is 0 Å². The maximum absolute atomic E-state index is 12.5. The number of rotatable bonds is 7. The van der Waals surface area contributed by atoms with E-state index in [1.807, 2.05) is 0 Å². The summed E-state index contributed by atoms with van der Waals surface area (Å²) in [5.74, 6) is -1.53. The van der Waals surface area contributed by atoms with Crippen molar-refractivity contribution < 1.29 is 28.7 Å². The fourth-order valence-corrected chi connectivity index (χ4v) is 3.50. The van der Waals surface area contributed by atoms with Crippen molar-refractivity contribution >= 4 is 29.3 Å². The molecule has 8 heteroatoms. The summed E-state index contributed by atoms with van der Waals surface area (Å²) >= 11 is 0. The maximum Gasteiger partial charge on any atom is 0.355 e. The minimum absolute atomic E-state index is 0.0717. The van der Waals surface area contributed by atoms with Gasteiger partial charge in [-0.05, 0) is 57.0 Å². The van der Waals surface area contributed by atoms with E-state index in [0.29, 0.717) is 29.8 Å². The quantitative estimate of drug-likeness (QED) is 0.554. The van der Waals surface area contributed by atoms with Crippen molar-refractivity contribution in [2.45, 2.75) is 33.6 Å². The number of Topliss-reactive ketones (excluding diaryl/α,β-unsaturated/α-hetero) is 1. The monoisotopic (exact) mass is 412 g/mol. The molecule has 1 aliphatic rings. The van der Waals surface area contributed by atoms with Crippen LogP contribution in [0, 0.1) is 13.8 Å². The average molecular weight is 412 g/mol. The van der Waals surface area contributed by atoms with Gasteiger partial charge in [0.15, 0.2) is 12.4 Å². The van der Waals surface area contributed by atoms with Gasteiger partial charge in [0.05, 0.1) is 12.2 Å². The fourth-order valence-electron chi connectivity index (χ4n) is 3.50. The number of aryl methyl sites for hydroxylation is 1. The van der Waals surface area contributed by atoms with Gasteiger partial charge in [0.1, 0.15) is 5.69 Å². The maximum atomic E-state index is 12.5. The molecule has 1 N–H and O–H groups in total. The van der Waals surface area contributed by atoms with Crippen molar-refractivity contribution in [3.63, 3.8) is 0 Å². The Morgan fingerprint density at radius 2 is 1.77 bits per heavy atom. The summed E-state index contributed by atoms with van der Waals surface area (Å²) < 4.78 is 10.1. The molecule has 158 valence electrons. The molecule has 30 heavy (non-hydrogen) atoms. The number of ether oxygens (including phenoxy) is 2. The van der Waals surface area contributed by atoms with E-state index in [9.17, 15) is 19.2 Å². The fraction of sp³-hybridized carbons (Fsp3) is 0.364. The molecule has 0 atom stereocenters. The van der Waals surface area contributed by atoms with Crippen LogP contribution in [0.3, 0.4) is 0 Å². The average Bonchev–Trinajstić information content (AvgIpc) is 3.28. The van der Waals surface area contributed by atoms with Gasteiger partial charge in [-0.1, -0.05) is 0 Å². The predicted octanol–water partition coefficient (Wildman–Crippen LogP) is 2.97. The Morgan fingerprint density at radius 1 is 1.07 bits per heavy atom. The summed E-state index contributed by atoms with van der Waals surface area (Å²) in [5, 5.41) is 0. The molecule has 0 aliphatic carbocycles. The number of aromatic amines is 1. The molecule has 0 unspecified atom stereocenters. The first kappa shape index (κ1) is 21.3. The molecule has 1 aliphatic heterocycles. The van der Waals surface area contributed by atoms with Crippen LogP contribution in [0.25, 0.3) is 0 Å². The largest absolute Gasteiger partial charge is 0.461 e. The van der Waals surface area contributed by atoms with Crippen molar-refractivity contribution in [3.05, 3.63) is 52.3 Å². The van der Waals surface area contributed by atoms with Gasteiger partial charge < -0.3 is 19.4 Å². The van der Waals surface area contributed by atoms with Gasteiger partial charge in [-0.25, -0.2) is 9.59 Å². The zero-order valence-corrected chi connectivity index (χ0v) is 17.2. The molecule has 8 nitrogen and oxygen atoms in total. The highest BCUT2D eigenvalue weighted by molar-refractivity contribution is 6.02. The number of nitrogens with zero attached hydrogens (tertiary/aromatic N) is 1. The Hall–Kier alpha value is -3.42. The van der Waals surface area contributed by atoms with E-state index in [1.54, 1.807) is 49.9 Å². The molecule has 0 radical (unpaired) electrons. The highest BCUT2D eigenvalue weighted by Gasteiger charge is 2.25. The Kier molecular flexibility index (Phi) is 6.34. The van der Waals surface area contributed by atoms with Crippen molar-refractivity contribution in [2.24, 2.45) is 0 Å². The lowest BCUT2D eigenvalue weighted by atomic mass is 10.1. The van der Waals surface area contributed by atoms with Gasteiger partial charge in [-0.3, -0.25) is 9.59 Å². The summed E-state index contributed by atoms with van der Waals surface area (Å²) in [6.07, 6.45) is 1.36. The van der Waals surface area contributed by atoms with E-state index in [4.69, 9.17) is 9.47 Å². The second-order valence-corrected chi connectivity index (χ2v) is 7.04. The van der Waals surface area contributed by atoms with Crippen LogP contribution in [0.2, 0.25) is 0 Å². The third-order valence-electron chi connectivity index (χ3n) is 5.03. The second-order valence-electron chi connectivity index (χ2n) is 7.04. The number of H-pyrrole nitrogens is 1. The van der Waals surface area contributed by atoms with Crippen LogP contribution in [0.5, 0.6) is 0 Å². The normalized spacial score (nSPS) is 13.4. The standard InChI is InChI=1S/C22H24N2O6/c1-4-29-22(28)20-13(2)19(14(3)23-20)21(27)30-12-17(25)15-7-9-16(10-8-15)24-11-5-6-18(24)26/h7-10,23H,4-6,11-12H2,1-3H3. The number of amides is 1. The summed E-state index contributed by atoms with van der Waals surface area (Å²) in [5.41, 5.74) is 2.42. The first-order valence-electron chi connectivity index (χ1n) is 9.80. The van der Waals surface area contributed by atoms with E-state index in [-0.39, 0.29) is 29.6 Å². The van der Waals surface area contributed by atoms with Gasteiger partial charge in [-0.2, -0.15) is 0 Å². The number of hydrogen-bond donors (Lipinski definition) is 1. The Labute approximate surface area is 174 Å². The van der Waals surface area contributed by atoms with Crippen LogP contribution in [0.4, 0.5) is 5.69 Å². The molecule has 2 heterocycles. The lowest BCUT2D eigenvalue weighted by molar-refractivity contribution is -0.117. The van der Waals surface area contributed by atoms with E-state index in [1.165, 1.54) is 0 Å². The Balaban J connectivity index is 1.64. The molecule has 1 amide bonds. The van der Waals surface area contributed by atoms with Crippen LogP contribution in [0.15, 0.2) is 24.3 Å². The highest BCUT2D eigenvalue weighted by atomic mass is 16.5. The number of esters is 2. The number of anilines is 1. The summed E-state index contributed by atoms with van der Waals surface area (Å²) in [7, 11) is 0. The number of hydrogen-bond acceptors (Lipinski definition) is 6. The zero-order valence-electron chi connectivity index (χ0n) is 17.2. The molecule has 3 rings (SSSR count). The lowest BCUT2D eigenvalue weighted by Crippen LogP contribution is -2.23. The number of carbonyl (C=O) groups is 4. The molecular formula is C22H24N2O6. The van der Waals surface area contributed by atoms with E-state index in [0.717, 1.165) is 12.1 Å². The van der Waals surface area contributed by atoms with Crippen LogP contribution >= 0.6 is 0 Å². The van der Waals surface area contributed by atoms with E-state index < -0.39 is 18.5 Å². The Bertz CT molecular complexity index is 990. The van der Waals surface area contributed by atoms with Crippen LogP contribution < -0.4 is 4.90 Å². The lowest BCUT2D eigenvalue weighted by Gasteiger charge is -2.15. The van der Waals surface area contributed by atoms with Crippen LogP contribution in [0.1, 0.15) is 62.2 Å². The van der Waals surface area contributed by atoms with Gasteiger partial charge in [-0.15, -0.1) is 0 Å². The molecule has 1 fully saturated rings. The number of ketones is 1. The van der Waals surface area contributed by atoms with Crippen LogP contribution in [-0.4, -0.2) is 48.4 Å². The smallest absolute Gasteiger partial charge is 0.355 e. The first-order valence-corrected chi connectivity index (χ1v) is 9.80. The van der Waals surface area contributed by atoms with Gasteiger partial charge in [0.25, 0.3) is 0 Å². The molecule has 0 bridgehead atoms. The van der Waals surface area contributed by atoms with Gasteiger partial charge in [0, 0.05) is 29.9 Å². The second kappa shape index (κ2) is 8.94. The highest BCUT2D eigenvalue weighted by Crippen LogP contribution is 2.22. The minimum atomic E-state index is -0.690. The summed E-state index contributed by atoms with van der Waals surface area (Å²) in [4.78, 5) is 53.2. The molecule has 1 saturated heterocycles. The molecule has 0 spiro atoms. The number of aromatic nitrogens is 1. The third kappa shape index (κ3) is 4.27. The molecular weight excluding hydrogens is 388 g/mol. The van der Waals surface area contributed by atoms with E-state index >= 15 is 0 Å². The number of nitrogens with one attached hydrogen (secondary N) is 1. The molecule has 0 saturated carbocycles. The summed E-state index contributed by atoms with van der Waals surface area (Å²) in [6, 6.07) is 6.65. The molecule has 1 aromatic heterocycles. The predicted molar refractivity (Wildman–Crippen MR) is 109 cm³/mol. The van der Waals surface area contributed by atoms with Crippen molar-refractivity contribution in [2.75, 3.05) is 24.7 Å². The molecule has 1 aromatic carbocycles. The van der Waals surface area contributed by atoms with Crippen molar-refractivity contribution in [1.82, 2.24) is 4.98 Å². The Morgan fingerprint density at radius 3 is 2.37 bits per heavy atom. The SMILES string of the molecule is CCOC(=O)c1[nH]c(C)c(C(=O)OCC(=O)c2ccc(N3CCCC3=O)cc2)c1C. The summed E-state index contributed by atoms with van der Waals surface area (Å²) in [6.45, 7) is 5.42. The zero-order chi connectivity index (χ0) is 21.8. The van der Waals surface area contributed by atoms with Gasteiger partial charge >= 0.3 is 11.9 Å². The topological polar surface area (TPSA) is 106 Å². The third-order valence-corrected chi connectivity index (χ3v) is 5.03. The molecule has 2 aromatic rings.